The van der Waals surface area contributed by atoms with Crippen LogP contribution in [-0.4, -0.2) is 42.0 Å². The SMILES string of the molecule is Cl.O=C(c1cc(=O)[nH]c2ccccc12)N1CCNCC1. The first-order chi connectivity index (χ1) is 9.25. The van der Waals surface area contributed by atoms with Crippen molar-refractivity contribution in [2.75, 3.05) is 26.2 Å². The number of para-hydroxylation sites is 1. The first kappa shape index (κ1) is 14.6. The molecule has 2 heterocycles. The highest BCUT2D eigenvalue weighted by Gasteiger charge is 2.20. The number of H-pyrrole nitrogens is 1. The number of carbonyl (C=O) groups excluding carboxylic acids is 1. The molecular formula is C14H16ClN3O2. The van der Waals surface area contributed by atoms with E-state index in [0.29, 0.717) is 24.2 Å². The van der Waals surface area contributed by atoms with Crippen molar-refractivity contribution in [1.82, 2.24) is 15.2 Å². The number of rotatable bonds is 1. The van der Waals surface area contributed by atoms with E-state index in [4.69, 9.17) is 0 Å². The second-order valence-electron chi connectivity index (χ2n) is 4.64. The minimum atomic E-state index is -0.239. The first-order valence-corrected chi connectivity index (χ1v) is 6.38. The summed E-state index contributed by atoms with van der Waals surface area (Å²) in [5, 5.41) is 4.00. The van der Waals surface area contributed by atoms with Crippen LogP contribution in [-0.2, 0) is 0 Å². The van der Waals surface area contributed by atoms with Gasteiger partial charge in [0.1, 0.15) is 0 Å². The van der Waals surface area contributed by atoms with Crippen LogP contribution in [0, 0.1) is 0 Å². The Labute approximate surface area is 122 Å². The Morgan fingerprint density at radius 1 is 1.15 bits per heavy atom. The molecule has 1 aromatic heterocycles. The van der Waals surface area contributed by atoms with E-state index < -0.39 is 0 Å². The summed E-state index contributed by atoms with van der Waals surface area (Å²) in [6, 6.07) is 8.78. The van der Waals surface area contributed by atoms with Gasteiger partial charge in [0.15, 0.2) is 0 Å². The minimum Gasteiger partial charge on any atom is -0.336 e. The van der Waals surface area contributed by atoms with Crippen molar-refractivity contribution in [3.8, 4) is 0 Å². The fraction of sp³-hybridized carbons (Fsp3) is 0.286. The van der Waals surface area contributed by atoms with Gasteiger partial charge in [-0.25, -0.2) is 0 Å². The number of pyridine rings is 1. The lowest BCUT2D eigenvalue weighted by atomic mass is 10.1. The monoisotopic (exact) mass is 293 g/mol. The highest BCUT2D eigenvalue weighted by Crippen LogP contribution is 2.16. The molecule has 2 N–H and O–H groups in total. The quantitative estimate of drug-likeness (QED) is 0.824. The number of hydrogen-bond acceptors (Lipinski definition) is 3. The van der Waals surface area contributed by atoms with Crippen molar-refractivity contribution in [3.05, 3.63) is 46.2 Å². The van der Waals surface area contributed by atoms with Crippen molar-refractivity contribution < 1.29 is 4.79 Å². The van der Waals surface area contributed by atoms with Gasteiger partial charge in [-0.05, 0) is 6.07 Å². The largest absolute Gasteiger partial charge is 0.336 e. The van der Waals surface area contributed by atoms with Crippen LogP contribution in [0.15, 0.2) is 35.1 Å². The van der Waals surface area contributed by atoms with Gasteiger partial charge in [0.2, 0.25) is 5.56 Å². The molecule has 0 aliphatic carbocycles. The van der Waals surface area contributed by atoms with E-state index in [-0.39, 0.29) is 23.9 Å². The van der Waals surface area contributed by atoms with E-state index in [1.807, 2.05) is 24.3 Å². The molecule has 0 saturated carbocycles. The topological polar surface area (TPSA) is 65.2 Å². The summed E-state index contributed by atoms with van der Waals surface area (Å²) in [5.41, 5.74) is 0.951. The Balaban J connectivity index is 0.00000147. The van der Waals surface area contributed by atoms with E-state index >= 15 is 0 Å². The third kappa shape index (κ3) is 2.69. The Kier molecular flexibility index (Phi) is 4.42. The summed E-state index contributed by atoms with van der Waals surface area (Å²) in [6.45, 7) is 2.96. The lowest BCUT2D eigenvalue weighted by Crippen LogP contribution is -2.46. The van der Waals surface area contributed by atoms with E-state index in [9.17, 15) is 9.59 Å². The molecule has 0 unspecified atom stereocenters. The molecular weight excluding hydrogens is 278 g/mol. The molecule has 1 amide bonds. The summed E-state index contributed by atoms with van der Waals surface area (Å²) in [4.78, 5) is 28.7. The van der Waals surface area contributed by atoms with Gasteiger partial charge in [0, 0.05) is 43.1 Å². The van der Waals surface area contributed by atoms with Crippen molar-refractivity contribution >= 4 is 29.2 Å². The van der Waals surface area contributed by atoms with Crippen LogP contribution in [0.4, 0.5) is 0 Å². The maximum atomic E-state index is 12.5. The predicted octanol–water partition coefficient (Wildman–Crippen LogP) is 0.995. The number of carbonyl (C=O) groups is 1. The second-order valence-corrected chi connectivity index (χ2v) is 4.64. The van der Waals surface area contributed by atoms with Crippen LogP contribution >= 0.6 is 12.4 Å². The average Bonchev–Trinajstić information content (AvgIpc) is 2.46. The maximum Gasteiger partial charge on any atom is 0.254 e. The van der Waals surface area contributed by atoms with Crippen molar-refractivity contribution in [2.24, 2.45) is 0 Å². The van der Waals surface area contributed by atoms with Gasteiger partial charge in [-0.15, -0.1) is 12.4 Å². The number of hydrogen-bond donors (Lipinski definition) is 2. The molecule has 106 valence electrons. The number of aromatic nitrogens is 1. The highest BCUT2D eigenvalue weighted by molar-refractivity contribution is 6.05. The number of amides is 1. The third-order valence-corrected chi connectivity index (χ3v) is 3.39. The summed E-state index contributed by atoms with van der Waals surface area (Å²) >= 11 is 0. The number of fused-ring (bicyclic) bond motifs is 1. The summed E-state index contributed by atoms with van der Waals surface area (Å²) in [5.74, 6) is -0.0659. The van der Waals surface area contributed by atoms with E-state index in [0.717, 1.165) is 18.5 Å². The molecule has 1 fully saturated rings. The Morgan fingerprint density at radius 3 is 2.60 bits per heavy atom. The molecule has 1 aromatic carbocycles. The van der Waals surface area contributed by atoms with E-state index in [2.05, 4.69) is 10.3 Å². The third-order valence-electron chi connectivity index (χ3n) is 3.39. The molecule has 0 bridgehead atoms. The standard InChI is InChI=1S/C14H15N3O2.ClH/c18-13-9-11(10-3-1-2-4-12(10)16-13)14(19)17-7-5-15-6-8-17;/h1-4,9,15H,5-8H2,(H,16,18);1H. The molecule has 0 atom stereocenters. The first-order valence-electron chi connectivity index (χ1n) is 6.38. The minimum absolute atomic E-state index is 0. The van der Waals surface area contributed by atoms with Crippen LogP contribution in [0.2, 0.25) is 0 Å². The Morgan fingerprint density at radius 2 is 1.85 bits per heavy atom. The molecule has 6 heteroatoms. The van der Waals surface area contributed by atoms with Crippen LogP contribution in [0.3, 0.4) is 0 Å². The molecule has 5 nitrogen and oxygen atoms in total. The van der Waals surface area contributed by atoms with Gasteiger partial charge >= 0.3 is 0 Å². The molecule has 2 aromatic rings. The summed E-state index contributed by atoms with van der Waals surface area (Å²) < 4.78 is 0. The average molecular weight is 294 g/mol. The zero-order valence-electron chi connectivity index (χ0n) is 10.9. The van der Waals surface area contributed by atoms with E-state index in [1.165, 1.54) is 6.07 Å². The summed E-state index contributed by atoms with van der Waals surface area (Å²) in [7, 11) is 0. The lowest BCUT2D eigenvalue weighted by Gasteiger charge is -2.27. The molecule has 1 aliphatic rings. The van der Waals surface area contributed by atoms with Gasteiger partial charge in [-0.1, -0.05) is 18.2 Å². The maximum absolute atomic E-state index is 12.5. The van der Waals surface area contributed by atoms with Crippen LogP contribution in [0.1, 0.15) is 10.4 Å². The van der Waals surface area contributed by atoms with Gasteiger partial charge in [0.05, 0.1) is 5.56 Å². The molecule has 0 radical (unpaired) electrons. The Bertz CT molecular complexity index is 677. The van der Waals surface area contributed by atoms with Crippen molar-refractivity contribution in [1.29, 1.82) is 0 Å². The second kappa shape index (κ2) is 6.07. The highest BCUT2D eigenvalue weighted by atomic mass is 35.5. The molecule has 20 heavy (non-hydrogen) atoms. The zero-order valence-corrected chi connectivity index (χ0v) is 11.7. The van der Waals surface area contributed by atoms with E-state index in [1.54, 1.807) is 4.90 Å². The zero-order chi connectivity index (χ0) is 13.2. The van der Waals surface area contributed by atoms with Gasteiger partial charge in [0.25, 0.3) is 5.91 Å². The molecule has 1 saturated heterocycles. The van der Waals surface area contributed by atoms with Gasteiger partial charge in [-0.2, -0.15) is 0 Å². The smallest absolute Gasteiger partial charge is 0.254 e. The summed E-state index contributed by atoms with van der Waals surface area (Å²) in [6.07, 6.45) is 0. The molecule has 1 aliphatic heterocycles. The fourth-order valence-electron chi connectivity index (χ4n) is 2.42. The number of nitrogens with zero attached hydrogens (tertiary/aromatic N) is 1. The van der Waals surface area contributed by atoms with Crippen LogP contribution in [0.25, 0.3) is 10.9 Å². The van der Waals surface area contributed by atoms with Crippen molar-refractivity contribution in [2.45, 2.75) is 0 Å². The molecule has 0 spiro atoms. The Hall–Kier alpha value is -1.85. The normalized spacial score (nSPS) is 14.9. The lowest BCUT2D eigenvalue weighted by molar-refractivity contribution is 0.0737. The van der Waals surface area contributed by atoms with Crippen molar-refractivity contribution in [3.63, 3.8) is 0 Å². The number of aromatic amines is 1. The van der Waals surface area contributed by atoms with Crippen LogP contribution in [0.5, 0.6) is 0 Å². The van der Waals surface area contributed by atoms with Gasteiger partial charge < -0.3 is 15.2 Å². The van der Waals surface area contributed by atoms with Crippen LogP contribution < -0.4 is 10.9 Å². The number of halogens is 1. The fourth-order valence-corrected chi connectivity index (χ4v) is 2.42. The number of nitrogens with one attached hydrogen (secondary N) is 2. The number of benzene rings is 1. The van der Waals surface area contributed by atoms with Gasteiger partial charge in [-0.3, -0.25) is 9.59 Å². The number of piperazine rings is 1. The molecule has 3 rings (SSSR count). The predicted molar refractivity (Wildman–Crippen MR) is 80.6 cm³/mol.